The lowest BCUT2D eigenvalue weighted by Gasteiger charge is -2.12. The number of hydrazone groups is 1. The Kier molecular flexibility index (Phi) is 9.13. The monoisotopic (exact) mass is 561 g/mol. The molecule has 13 nitrogen and oxygen atoms in total. The van der Waals surface area contributed by atoms with Gasteiger partial charge in [-0.05, 0) is 48.9 Å². The zero-order chi connectivity index (χ0) is 27.8. The van der Waals surface area contributed by atoms with Gasteiger partial charge in [0.15, 0.2) is 11.5 Å². The van der Waals surface area contributed by atoms with Crippen LogP contribution in [0.25, 0.3) is 0 Å². The van der Waals surface area contributed by atoms with E-state index in [0.29, 0.717) is 5.56 Å². The molecule has 0 saturated heterocycles. The van der Waals surface area contributed by atoms with E-state index in [0.717, 1.165) is 18.2 Å². The maximum absolute atomic E-state index is 12.1. The molecule has 2 N–H and O–H groups in total. The second-order valence-corrected chi connectivity index (χ2v) is 7.95. The molecular formula is C23H17Cl2N5O8. The van der Waals surface area contributed by atoms with Crippen LogP contribution in [0.1, 0.15) is 12.5 Å². The summed E-state index contributed by atoms with van der Waals surface area (Å²) in [5.41, 5.74) is 1.56. The summed E-state index contributed by atoms with van der Waals surface area (Å²) in [6.07, 6.45) is 1.22. The van der Waals surface area contributed by atoms with Gasteiger partial charge in [0.05, 0.1) is 44.5 Å². The van der Waals surface area contributed by atoms with Crippen molar-refractivity contribution in [2.24, 2.45) is 5.10 Å². The van der Waals surface area contributed by atoms with E-state index in [1.807, 2.05) is 0 Å². The molecule has 0 radical (unpaired) electrons. The van der Waals surface area contributed by atoms with Gasteiger partial charge in [0.1, 0.15) is 0 Å². The number of rotatable bonds is 9. The summed E-state index contributed by atoms with van der Waals surface area (Å²) in [4.78, 5) is 44.9. The topological polar surface area (TPSA) is 175 Å². The van der Waals surface area contributed by atoms with Crippen LogP contribution in [0.5, 0.6) is 17.2 Å². The third-order valence-electron chi connectivity index (χ3n) is 4.62. The summed E-state index contributed by atoms with van der Waals surface area (Å²) in [7, 11) is 0. The zero-order valence-corrected chi connectivity index (χ0v) is 20.9. The van der Waals surface area contributed by atoms with Gasteiger partial charge in [-0.15, -0.1) is 0 Å². The standard InChI is InChI=1S/C23H17Cl2N5O8/c1-2-37-20-10-13(12-26-28-23(32)22(31)27-16-5-3-4-15(24)21(16)25)6-8-19(20)38-18-9-7-14(29(33)34)11-17(18)30(35)36/h3-12H,2H2,1H3,(H,27,31)(H,28,32). The van der Waals surface area contributed by atoms with E-state index in [1.165, 1.54) is 36.5 Å². The molecule has 15 heteroatoms. The summed E-state index contributed by atoms with van der Waals surface area (Å²) in [5.74, 6) is -2.09. The van der Waals surface area contributed by atoms with E-state index in [1.54, 1.807) is 13.0 Å². The zero-order valence-electron chi connectivity index (χ0n) is 19.3. The molecule has 0 unspecified atom stereocenters. The lowest BCUT2D eigenvalue weighted by Crippen LogP contribution is -2.32. The minimum atomic E-state index is -1.08. The van der Waals surface area contributed by atoms with Gasteiger partial charge in [-0.2, -0.15) is 5.10 Å². The highest BCUT2D eigenvalue weighted by molar-refractivity contribution is 6.45. The SMILES string of the molecule is CCOc1cc(C=NNC(=O)C(=O)Nc2cccc(Cl)c2Cl)ccc1Oc1ccc([N+](=O)[O-])cc1[N+](=O)[O-]. The molecule has 196 valence electrons. The quantitative estimate of drug-likeness (QED) is 0.157. The fourth-order valence-corrected chi connectivity index (χ4v) is 3.27. The number of nitrogens with one attached hydrogen (secondary N) is 2. The first-order valence-electron chi connectivity index (χ1n) is 10.6. The highest BCUT2D eigenvalue weighted by atomic mass is 35.5. The molecule has 0 aliphatic carbocycles. The molecular weight excluding hydrogens is 545 g/mol. The van der Waals surface area contributed by atoms with E-state index in [9.17, 15) is 29.8 Å². The first kappa shape index (κ1) is 27.8. The van der Waals surface area contributed by atoms with Crippen molar-refractivity contribution in [2.45, 2.75) is 6.92 Å². The van der Waals surface area contributed by atoms with Gasteiger partial charge < -0.3 is 14.8 Å². The van der Waals surface area contributed by atoms with Crippen molar-refractivity contribution < 1.29 is 28.9 Å². The first-order chi connectivity index (χ1) is 18.1. The van der Waals surface area contributed by atoms with Crippen LogP contribution in [0.3, 0.4) is 0 Å². The number of anilines is 1. The van der Waals surface area contributed by atoms with Gasteiger partial charge in [-0.3, -0.25) is 29.8 Å². The number of nitrogens with zero attached hydrogens (tertiary/aromatic N) is 3. The Labute approximate surface area is 224 Å². The fourth-order valence-electron chi connectivity index (χ4n) is 2.92. The summed E-state index contributed by atoms with van der Waals surface area (Å²) in [5, 5.41) is 28.6. The van der Waals surface area contributed by atoms with Gasteiger partial charge >= 0.3 is 17.5 Å². The molecule has 2 amide bonds. The predicted molar refractivity (Wildman–Crippen MR) is 138 cm³/mol. The number of hydrogen-bond acceptors (Lipinski definition) is 9. The van der Waals surface area contributed by atoms with Crippen molar-refractivity contribution in [2.75, 3.05) is 11.9 Å². The number of carbonyl (C=O) groups is 2. The Bertz CT molecular complexity index is 1450. The molecule has 0 atom stereocenters. The number of benzene rings is 3. The number of halogens is 2. The third kappa shape index (κ3) is 6.93. The fraction of sp³-hybridized carbons (Fsp3) is 0.0870. The van der Waals surface area contributed by atoms with Crippen molar-refractivity contribution >= 4 is 58.3 Å². The number of non-ortho nitro benzene ring substituents is 1. The maximum Gasteiger partial charge on any atom is 0.329 e. The predicted octanol–water partition coefficient (Wildman–Crippen LogP) is 5.09. The molecule has 3 rings (SSSR count). The number of carbonyl (C=O) groups excluding carboxylic acids is 2. The molecule has 0 heterocycles. The Balaban J connectivity index is 1.73. The van der Waals surface area contributed by atoms with Crippen LogP contribution in [0.15, 0.2) is 59.7 Å². The maximum atomic E-state index is 12.1. The Morgan fingerprint density at radius 3 is 2.39 bits per heavy atom. The van der Waals surface area contributed by atoms with E-state index in [4.69, 9.17) is 32.7 Å². The highest BCUT2D eigenvalue weighted by Crippen LogP contribution is 2.38. The van der Waals surface area contributed by atoms with Gasteiger partial charge in [-0.1, -0.05) is 29.3 Å². The number of hydrogen-bond donors (Lipinski definition) is 2. The summed E-state index contributed by atoms with van der Waals surface area (Å²) in [6.45, 7) is 1.91. The Morgan fingerprint density at radius 1 is 0.974 bits per heavy atom. The van der Waals surface area contributed by atoms with Crippen LogP contribution in [0.2, 0.25) is 10.0 Å². The summed E-state index contributed by atoms with van der Waals surface area (Å²) >= 11 is 11.9. The van der Waals surface area contributed by atoms with Crippen LogP contribution in [-0.4, -0.2) is 34.5 Å². The van der Waals surface area contributed by atoms with Crippen LogP contribution in [0, 0.1) is 20.2 Å². The van der Waals surface area contributed by atoms with Gasteiger partial charge in [0, 0.05) is 6.07 Å². The van der Waals surface area contributed by atoms with E-state index in [2.05, 4.69) is 15.8 Å². The van der Waals surface area contributed by atoms with Crippen molar-refractivity contribution in [3.8, 4) is 17.2 Å². The molecule has 0 fully saturated rings. The molecule has 0 aromatic heterocycles. The lowest BCUT2D eigenvalue weighted by atomic mass is 10.2. The van der Waals surface area contributed by atoms with Crippen LogP contribution < -0.4 is 20.2 Å². The van der Waals surface area contributed by atoms with Gasteiger partial charge in [0.2, 0.25) is 5.75 Å². The van der Waals surface area contributed by atoms with Crippen LogP contribution in [-0.2, 0) is 9.59 Å². The minimum absolute atomic E-state index is 0.0728. The molecule has 0 aliphatic heterocycles. The van der Waals surface area contributed by atoms with Crippen LogP contribution >= 0.6 is 23.2 Å². The molecule has 0 aliphatic rings. The number of amides is 2. The minimum Gasteiger partial charge on any atom is -0.490 e. The largest absolute Gasteiger partial charge is 0.490 e. The first-order valence-corrected chi connectivity index (χ1v) is 11.3. The van der Waals surface area contributed by atoms with E-state index < -0.39 is 33.0 Å². The molecule has 0 spiro atoms. The third-order valence-corrected chi connectivity index (χ3v) is 5.44. The van der Waals surface area contributed by atoms with Gasteiger partial charge in [-0.25, -0.2) is 5.43 Å². The second kappa shape index (κ2) is 12.5. The van der Waals surface area contributed by atoms with E-state index in [-0.39, 0.29) is 39.6 Å². The summed E-state index contributed by atoms with van der Waals surface area (Å²) in [6, 6.07) is 11.9. The van der Waals surface area contributed by atoms with E-state index >= 15 is 0 Å². The highest BCUT2D eigenvalue weighted by Gasteiger charge is 2.22. The van der Waals surface area contributed by atoms with Crippen LogP contribution in [0.4, 0.5) is 17.1 Å². The molecule has 0 bridgehead atoms. The molecule has 3 aromatic carbocycles. The van der Waals surface area contributed by atoms with Crippen molar-refractivity contribution in [1.29, 1.82) is 0 Å². The van der Waals surface area contributed by atoms with Crippen molar-refractivity contribution in [1.82, 2.24) is 5.43 Å². The Morgan fingerprint density at radius 2 is 1.71 bits per heavy atom. The average molecular weight is 562 g/mol. The number of nitro benzene ring substituents is 2. The molecule has 0 saturated carbocycles. The summed E-state index contributed by atoms with van der Waals surface area (Å²) < 4.78 is 11.1. The van der Waals surface area contributed by atoms with Crippen molar-refractivity contribution in [3.05, 3.63) is 90.4 Å². The van der Waals surface area contributed by atoms with Crippen molar-refractivity contribution in [3.63, 3.8) is 0 Å². The molecule has 38 heavy (non-hydrogen) atoms. The smallest absolute Gasteiger partial charge is 0.329 e. The second-order valence-electron chi connectivity index (χ2n) is 7.16. The molecule has 3 aromatic rings. The Hall–Kier alpha value is -4.75. The number of nitro groups is 2. The lowest BCUT2D eigenvalue weighted by molar-refractivity contribution is -0.394. The normalized spacial score (nSPS) is 10.6. The number of ether oxygens (including phenoxy) is 2. The average Bonchev–Trinajstić information content (AvgIpc) is 2.88. The van der Waals surface area contributed by atoms with Gasteiger partial charge in [0.25, 0.3) is 5.69 Å².